The molecule has 0 heterocycles. The normalized spacial score (nSPS) is 12.6. The molecule has 0 aliphatic carbocycles. The van der Waals surface area contributed by atoms with Gasteiger partial charge in [-0.3, -0.25) is 9.59 Å². The largest absolute Gasteiger partial charge is 0.299 e. The second kappa shape index (κ2) is 30.0. The zero-order valence-corrected chi connectivity index (χ0v) is 24.4. The molecule has 0 aliphatic rings. The topological polar surface area (TPSA) is 34.1 Å². The summed E-state index contributed by atoms with van der Waals surface area (Å²) < 4.78 is 0. The molecule has 0 fully saturated rings. The fourth-order valence-corrected chi connectivity index (χ4v) is 4.76. The molecule has 2 heteroatoms. The number of allylic oxidation sites excluding steroid dienone is 4. The molecule has 0 aromatic carbocycles. The molecule has 0 saturated carbocycles. The van der Waals surface area contributed by atoms with Crippen LogP contribution in [0.4, 0.5) is 0 Å². The van der Waals surface area contributed by atoms with Crippen molar-refractivity contribution in [3.05, 3.63) is 24.3 Å². The lowest BCUT2D eigenvalue weighted by Gasteiger charge is -2.08. The van der Waals surface area contributed by atoms with Gasteiger partial charge in [-0.2, -0.15) is 0 Å². The van der Waals surface area contributed by atoms with E-state index in [0.717, 1.165) is 38.5 Å². The molecule has 0 rings (SSSR count). The van der Waals surface area contributed by atoms with Gasteiger partial charge in [0.25, 0.3) is 0 Å². The number of unbranched alkanes of at least 4 members (excludes halogenated alkanes) is 19. The molecule has 209 valence electrons. The van der Waals surface area contributed by atoms with Crippen LogP contribution in [0.25, 0.3) is 0 Å². The van der Waals surface area contributed by atoms with Crippen molar-refractivity contribution < 1.29 is 9.59 Å². The molecule has 0 amide bonds. The van der Waals surface area contributed by atoms with E-state index in [1.54, 1.807) is 0 Å². The third-order valence-corrected chi connectivity index (χ3v) is 7.25. The zero-order valence-electron chi connectivity index (χ0n) is 24.4. The highest BCUT2D eigenvalue weighted by atomic mass is 16.1. The monoisotopic (exact) mass is 501 g/mol. The molecule has 2 nitrogen and oxygen atoms in total. The van der Waals surface area contributed by atoms with E-state index in [1.807, 2.05) is 6.29 Å². The van der Waals surface area contributed by atoms with Gasteiger partial charge in [-0.25, -0.2) is 0 Å². The van der Waals surface area contributed by atoms with Gasteiger partial charge in [0.15, 0.2) is 0 Å². The van der Waals surface area contributed by atoms with Crippen LogP contribution < -0.4 is 0 Å². The van der Waals surface area contributed by atoms with Crippen molar-refractivity contribution in [3.63, 3.8) is 0 Å². The average molecular weight is 502 g/mol. The highest BCUT2D eigenvalue weighted by molar-refractivity contribution is 5.93. The van der Waals surface area contributed by atoms with Crippen molar-refractivity contribution in [2.75, 3.05) is 0 Å². The van der Waals surface area contributed by atoms with Crippen molar-refractivity contribution in [3.8, 4) is 0 Å². The first-order valence-electron chi connectivity index (χ1n) is 16.0. The summed E-state index contributed by atoms with van der Waals surface area (Å²) in [5, 5.41) is 0. The molecular formula is C34H61O2. The number of carbonyl (C=O) groups is 1. The maximum atomic E-state index is 12.4. The Morgan fingerprint density at radius 3 is 1.50 bits per heavy atom. The van der Waals surface area contributed by atoms with Gasteiger partial charge in [0.05, 0.1) is 5.92 Å². The highest BCUT2D eigenvalue weighted by Gasteiger charge is 2.17. The minimum absolute atomic E-state index is 0.124. The first-order valence-corrected chi connectivity index (χ1v) is 16.0. The smallest absolute Gasteiger partial charge is 0.209 e. The Labute approximate surface area is 226 Å². The summed E-state index contributed by atoms with van der Waals surface area (Å²) in [6, 6.07) is 0. The van der Waals surface area contributed by atoms with Crippen molar-refractivity contribution in [2.45, 2.75) is 174 Å². The number of carbonyl (C=O) groups excluding carboxylic acids is 2. The second-order valence-corrected chi connectivity index (χ2v) is 10.8. The molecule has 0 saturated heterocycles. The Bertz CT molecular complexity index is 519. The van der Waals surface area contributed by atoms with Crippen LogP contribution in [-0.4, -0.2) is 12.1 Å². The van der Waals surface area contributed by atoms with Crippen molar-refractivity contribution in [1.29, 1.82) is 0 Å². The third-order valence-electron chi connectivity index (χ3n) is 7.25. The maximum Gasteiger partial charge on any atom is 0.209 e. The summed E-state index contributed by atoms with van der Waals surface area (Å²) in [5.41, 5.74) is 0. The van der Waals surface area contributed by atoms with E-state index >= 15 is 0 Å². The molecule has 36 heavy (non-hydrogen) atoms. The Hall–Kier alpha value is -1.18. The van der Waals surface area contributed by atoms with E-state index in [1.165, 1.54) is 109 Å². The predicted molar refractivity (Wildman–Crippen MR) is 159 cm³/mol. The first kappa shape index (κ1) is 34.8. The minimum atomic E-state index is -0.480. The number of ketones is 1. The van der Waals surface area contributed by atoms with Crippen LogP contribution in [0, 0.1) is 5.92 Å². The lowest BCUT2D eigenvalue weighted by Crippen LogP contribution is -2.15. The molecule has 0 aliphatic heterocycles. The Balaban J connectivity index is 3.52. The molecule has 0 spiro atoms. The van der Waals surface area contributed by atoms with E-state index in [4.69, 9.17) is 0 Å². The van der Waals surface area contributed by atoms with Gasteiger partial charge in [0, 0.05) is 6.42 Å². The molecule has 0 aromatic rings. The number of Topliss-reactive ketones (excluding diaryl/α,β-unsaturated/α-hetero) is 1. The minimum Gasteiger partial charge on any atom is -0.299 e. The third kappa shape index (κ3) is 25.9. The van der Waals surface area contributed by atoms with Gasteiger partial charge >= 0.3 is 0 Å². The van der Waals surface area contributed by atoms with Gasteiger partial charge < -0.3 is 0 Å². The Morgan fingerprint density at radius 2 is 0.972 bits per heavy atom. The van der Waals surface area contributed by atoms with E-state index in [2.05, 4.69) is 38.2 Å². The summed E-state index contributed by atoms with van der Waals surface area (Å²) in [7, 11) is 0. The SMILES string of the molecule is CCCCC/C=C\C/C=C\CCCCCCC([C]=O)C(=O)CCCCCCCCCCCCCCC. The molecule has 0 aromatic heterocycles. The molecule has 1 unspecified atom stereocenters. The fourth-order valence-electron chi connectivity index (χ4n) is 4.76. The summed E-state index contributed by atoms with van der Waals surface area (Å²) in [6.45, 7) is 4.51. The number of rotatable bonds is 29. The average Bonchev–Trinajstić information content (AvgIpc) is 2.89. The fraction of sp³-hybridized carbons (Fsp3) is 0.824. The van der Waals surface area contributed by atoms with E-state index in [0.29, 0.717) is 12.8 Å². The lowest BCUT2D eigenvalue weighted by molar-refractivity contribution is -0.121. The Kier molecular flexibility index (Phi) is 29.1. The standard InChI is InChI=1S/C34H61O2/c1-3-5-7-9-11-13-15-17-19-20-22-24-26-28-30-33(32-35)34(36)31-29-27-25-23-21-18-16-14-12-10-8-6-4-2/h11,13,17,19,33H,3-10,12,14-16,18,20-31H2,1-2H3/b13-11-,19-17-. The van der Waals surface area contributed by atoms with Crippen molar-refractivity contribution in [2.24, 2.45) is 5.92 Å². The molecule has 1 atom stereocenters. The van der Waals surface area contributed by atoms with Gasteiger partial charge in [-0.15, -0.1) is 0 Å². The van der Waals surface area contributed by atoms with E-state index < -0.39 is 5.92 Å². The van der Waals surface area contributed by atoms with Gasteiger partial charge in [-0.05, 0) is 44.9 Å². The maximum absolute atomic E-state index is 12.4. The summed E-state index contributed by atoms with van der Waals surface area (Å²) in [5.74, 6) is -0.356. The second-order valence-electron chi connectivity index (χ2n) is 10.8. The Morgan fingerprint density at radius 1 is 0.556 bits per heavy atom. The zero-order chi connectivity index (χ0) is 26.4. The lowest BCUT2D eigenvalue weighted by atomic mass is 9.94. The van der Waals surface area contributed by atoms with Gasteiger partial charge in [0.1, 0.15) is 5.78 Å². The van der Waals surface area contributed by atoms with Crippen molar-refractivity contribution >= 4 is 12.1 Å². The van der Waals surface area contributed by atoms with Crippen molar-refractivity contribution in [1.82, 2.24) is 0 Å². The highest BCUT2D eigenvalue weighted by Crippen LogP contribution is 2.16. The molecular weight excluding hydrogens is 440 g/mol. The van der Waals surface area contributed by atoms with Crippen LogP contribution in [0.3, 0.4) is 0 Å². The molecule has 0 bridgehead atoms. The van der Waals surface area contributed by atoms with Gasteiger partial charge in [-0.1, -0.05) is 147 Å². The van der Waals surface area contributed by atoms with Crippen LogP contribution in [0.1, 0.15) is 174 Å². The molecule has 1 radical (unpaired) electrons. The van der Waals surface area contributed by atoms with Gasteiger partial charge in [0.2, 0.25) is 6.29 Å². The quantitative estimate of drug-likeness (QED) is 0.0580. The first-order chi connectivity index (χ1) is 17.8. The van der Waals surface area contributed by atoms with E-state index in [9.17, 15) is 9.59 Å². The van der Waals surface area contributed by atoms with E-state index in [-0.39, 0.29) is 5.78 Å². The predicted octanol–water partition coefficient (Wildman–Crippen LogP) is 11.2. The summed E-state index contributed by atoms with van der Waals surface area (Å²) in [6.07, 6.45) is 41.2. The number of hydrogen-bond acceptors (Lipinski definition) is 2. The number of hydrogen-bond donors (Lipinski definition) is 0. The van der Waals surface area contributed by atoms with Crippen LogP contribution in [-0.2, 0) is 9.59 Å². The van der Waals surface area contributed by atoms with Crippen LogP contribution in [0.15, 0.2) is 24.3 Å². The van der Waals surface area contributed by atoms with Crippen LogP contribution >= 0.6 is 0 Å². The van der Waals surface area contributed by atoms with Crippen LogP contribution in [0.2, 0.25) is 0 Å². The van der Waals surface area contributed by atoms with Crippen LogP contribution in [0.5, 0.6) is 0 Å². The summed E-state index contributed by atoms with van der Waals surface area (Å²) in [4.78, 5) is 23.6. The summed E-state index contributed by atoms with van der Waals surface area (Å²) >= 11 is 0. The molecule has 0 N–H and O–H groups in total.